The minimum absolute atomic E-state index is 0.243. The summed E-state index contributed by atoms with van der Waals surface area (Å²) < 4.78 is 5.11. The number of benzene rings is 1. The molecule has 1 rings (SSSR count). The molecule has 1 unspecified atom stereocenters. The van der Waals surface area contributed by atoms with E-state index in [4.69, 9.17) is 15.6 Å². The molecule has 0 fully saturated rings. The predicted octanol–water partition coefficient (Wildman–Crippen LogP) is 1.81. The van der Waals surface area contributed by atoms with Crippen molar-refractivity contribution >= 4 is 11.8 Å². The average Bonchev–Trinajstić information content (AvgIpc) is 2.35. The molecule has 0 saturated carbocycles. The van der Waals surface area contributed by atoms with Gasteiger partial charge in [-0.05, 0) is 29.9 Å². The number of rotatable bonds is 7. The third-order valence-electron chi connectivity index (χ3n) is 2.32. The number of nitrogens with two attached hydrogens (primary N) is 1. The number of aliphatic hydroxyl groups excluding tert-OH is 1. The van der Waals surface area contributed by atoms with Crippen LogP contribution in [0.2, 0.25) is 0 Å². The summed E-state index contributed by atoms with van der Waals surface area (Å²) in [6.07, 6.45) is 0.817. The van der Waals surface area contributed by atoms with Crippen LogP contribution in [0, 0.1) is 0 Å². The van der Waals surface area contributed by atoms with Gasteiger partial charge in [-0.2, -0.15) is 11.8 Å². The molecule has 0 aliphatic carbocycles. The van der Waals surface area contributed by atoms with Gasteiger partial charge < -0.3 is 15.6 Å². The molecular weight excluding hydrogens is 222 g/mol. The minimum Gasteiger partial charge on any atom is -0.497 e. The second-order valence-corrected chi connectivity index (χ2v) is 4.76. The van der Waals surface area contributed by atoms with Gasteiger partial charge in [0.05, 0.1) is 7.11 Å². The number of hydrogen-bond acceptors (Lipinski definition) is 4. The van der Waals surface area contributed by atoms with Crippen LogP contribution in [0.4, 0.5) is 0 Å². The normalized spacial score (nSPS) is 12.4. The fourth-order valence-electron chi connectivity index (χ4n) is 1.41. The summed E-state index contributed by atoms with van der Waals surface area (Å²) >= 11 is 1.79. The fraction of sp³-hybridized carbons (Fsp3) is 0.500. The molecule has 0 spiro atoms. The zero-order valence-electron chi connectivity index (χ0n) is 9.56. The summed E-state index contributed by atoms with van der Waals surface area (Å²) in [7, 11) is 1.66. The van der Waals surface area contributed by atoms with Gasteiger partial charge in [-0.1, -0.05) is 12.1 Å². The molecule has 0 bridgehead atoms. The van der Waals surface area contributed by atoms with Crippen molar-refractivity contribution in [3.8, 4) is 5.75 Å². The van der Waals surface area contributed by atoms with Crippen LogP contribution in [0.5, 0.6) is 5.75 Å². The molecule has 0 aliphatic rings. The van der Waals surface area contributed by atoms with Gasteiger partial charge in [-0.15, -0.1) is 0 Å². The molecule has 1 aromatic rings. The Kier molecular flexibility index (Phi) is 6.30. The largest absolute Gasteiger partial charge is 0.497 e. The van der Waals surface area contributed by atoms with Crippen molar-refractivity contribution in [3.63, 3.8) is 0 Å². The van der Waals surface area contributed by atoms with Crippen molar-refractivity contribution in [1.29, 1.82) is 0 Å². The van der Waals surface area contributed by atoms with Crippen LogP contribution < -0.4 is 10.5 Å². The van der Waals surface area contributed by atoms with E-state index in [1.54, 1.807) is 18.9 Å². The second kappa shape index (κ2) is 7.54. The molecular formula is C12H19NO2S. The molecule has 3 N–H and O–H groups in total. The topological polar surface area (TPSA) is 55.5 Å². The van der Waals surface area contributed by atoms with Crippen molar-refractivity contribution in [2.24, 2.45) is 5.73 Å². The molecule has 16 heavy (non-hydrogen) atoms. The highest BCUT2D eigenvalue weighted by molar-refractivity contribution is 7.99. The van der Waals surface area contributed by atoms with E-state index in [0.29, 0.717) is 11.8 Å². The van der Waals surface area contributed by atoms with Crippen molar-refractivity contribution in [1.82, 2.24) is 0 Å². The molecule has 0 radical (unpaired) electrons. The van der Waals surface area contributed by atoms with E-state index in [1.807, 2.05) is 24.3 Å². The van der Waals surface area contributed by atoms with Crippen LogP contribution in [-0.2, 0) is 0 Å². The number of hydrogen-bond donors (Lipinski definition) is 2. The second-order valence-electron chi connectivity index (χ2n) is 3.45. The zero-order chi connectivity index (χ0) is 11.8. The van der Waals surface area contributed by atoms with Crippen molar-refractivity contribution < 1.29 is 9.84 Å². The SMILES string of the molecule is COc1ccc(C(CN)SCCCO)cc1. The lowest BCUT2D eigenvalue weighted by molar-refractivity contribution is 0.296. The summed E-state index contributed by atoms with van der Waals surface area (Å²) in [5, 5.41) is 9.03. The maximum absolute atomic E-state index is 8.73. The van der Waals surface area contributed by atoms with Crippen molar-refractivity contribution in [3.05, 3.63) is 29.8 Å². The van der Waals surface area contributed by atoms with Gasteiger partial charge in [0.1, 0.15) is 5.75 Å². The van der Waals surface area contributed by atoms with Gasteiger partial charge in [0.2, 0.25) is 0 Å². The van der Waals surface area contributed by atoms with Gasteiger partial charge in [0.25, 0.3) is 0 Å². The molecule has 3 nitrogen and oxygen atoms in total. The van der Waals surface area contributed by atoms with Crippen molar-refractivity contribution in [2.75, 3.05) is 26.0 Å². The van der Waals surface area contributed by atoms with Crippen LogP contribution in [0.1, 0.15) is 17.2 Å². The van der Waals surface area contributed by atoms with E-state index in [2.05, 4.69) is 0 Å². The van der Waals surface area contributed by atoms with E-state index in [-0.39, 0.29) is 6.61 Å². The highest BCUT2D eigenvalue weighted by Gasteiger charge is 2.09. The van der Waals surface area contributed by atoms with E-state index in [9.17, 15) is 0 Å². The summed E-state index contributed by atoms with van der Waals surface area (Å²) in [4.78, 5) is 0. The lowest BCUT2D eigenvalue weighted by Gasteiger charge is -2.14. The Morgan fingerprint density at radius 3 is 2.56 bits per heavy atom. The van der Waals surface area contributed by atoms with Crippen molar-refractivity contribution in [2.45, 2.75) is 11.7 Å². The predicted molar refractivity (Wildman–Crippen MR) is 69.0 cm³/mol. The maximum Gasteiger partial charge on any atom is 0.118 e. The summed E-state index contributed by atoms with van der Waals surface area (Å²) in [6, 6.07) is 7.99. The molecule has 1 aromatic carbocycles. The van der Waals surface area contributed by atoms with Crippen LogP contribution >= 0.6 is 11.8 Å². The molecule has 0 amide bonds. The van der Waals surface area contributed by atoms with E-state index in [0.717, 1.165) is 17.9 Å². The first-order valence-corrected chi connectivity index (χ1v) is 6.43. The third kappa shape index (κ3) is 4.04. The first-order chi connectivity index (χ1) is 7.81. The van der Waals surface area contributed by atoms with Crippen LogP contribution in [0.15, 0.2) is 24.3 Å². The number of aliphatic hydroxyl groups is 1. The Labute approximate surface area is 101 Å². The van der Waals surface area contributed by atoms with Gasteiger partial charge in [-0.25, -0.2) is 0 Å². The summed E-state index contributed by atoms with van der Waals surface area (Å²) in [5.41, 5.74) is 6.96. The van der Waals surface area contributed by atoms with E-state index in [1.165, 1.54) is 5.56 Å². The highest BCUT2D eigenvalue weighted by atomic mass is 32.2. The van der Waals surface area contributed by atoms with Crippen LogP contribution in [-0.4, -0.2) is 31.1 Å². The molecule has 0 heterocycles. The number of methoxy groups -OCH3 is 1. The quantitative estimate of drug-likeness (QED) is 0.715. The van der Waals surface area contributed by atoms with Crippen LogP contribution in [0.25, 0.3) is 0 Å². The van der Waals surface area contributed by atoms with Crippen LogP contribution in [0.3, 0.4) is 0 Å². The molecule has 0 saturated heterocycles. The number of ether oxygens (including phenoxy) is 1. The lowest BCUT2D eigenvalue weighted by atomic mass is 10.1. The van der Waals surface area contributed by atoms with Gasteiger partial charge in [-0.3, -0.25) is 0 Å². The highest BCUT2D eigenvalue weighted by Crippen LogP contribution is 2.29. The smallest absolute Gasteiger partial charge is 0.118 e. The van der Waals surface area contributed by atoms with Gasteiger partial charge in [0, 0.05) is 18.4 Å². The first-order valence-electron chi connectivity index (χ1n) is 5.38. The minimum atomic E-state index is 0.243. The maximum atomic E-state index is 8.73. The zero-order valence-corrected chi connectivity index (χ0v) is 10.4. The first kappa shape index (κ1) is 13.4. The Bertz CT molecular complexity index is 290. The van der Waals surface area contributed by atoms with Gasteiger partial charge in [0.15, 0.2) is 0 Å². The molecule has 0 aromatic heterocycles. The molecule has 4 heteroatoms. The lowest BCUT2D eigenvalue weighted by Crippen LogP contribution is -2.10. The molecule has 90 valence electrons. The van der Waals surface area contributed by atoms with Gasteiger partial charge >= 0.3 is 0 Å². The monoisotopic (exact) mass is 241 g/mol. The Hall–Kier alpha value is -0.710. The van der Waals surface area contributed by atoms with E-state index < -0.39 is 0 Å². The number of thioether (sulfide) groups is 1. The summed E-state index contributed by atoms with van der Waals surface area (Å²) in [5.74, 6) is 1.80. The third-order valence-corrected chi connectivity index (χ3v) is 3.71. The summed E-state index contributed by atoms with van der Waals surface area (Å²) in [6.45, 7) is 0.856. The Balaban J connectivity index is 2.56. The Morgan fingerprint density at radius 2 is 2.06 bits per heavy atom. The molecule has 1 atom stereocenters. The molecule has 0 aliphatic heterocycles. The standard InChI is InChI=1S/C12H19NO2S/c1-15-11-5-3-10(4-6-11)12(9-13)16-8-2-7-14/h3-6,12,14H,2,7-9,13H2,1H3. The van der Waals surface area contributed by atoms with E-state index >= 15 is 0 Å². The average molecular weight is 241 g/mol. The fourth-order valence-corrected chi connectivity index (χ4v) is 2.48. The Morgan fingerprint density at radius 1 is 1.38 bits per heavy atom.